The van der Waals surface area contributed by atoms with Crippen LogP contribution < -0.4 is 0 Å². The molecule has 1 saturated heterocycles. The van der Waals surface area contributed by atoms with Crippen molar-refractivity contribution in [1.82, 2.24) is 14.8 Å². The number of benzene rings is 1. The van der Waals surface area contributed by atoms with Gasteiger partial charge >= 0.3 is 0 Å². The van der Waals surface area contributed by atoms with Gasteiger partial charge in [-0.15, -0.1) is 0 Å². The molecular formula is C14H15F2N3O. The molecule has 4 nitrogen and oxygen atoms in total. The van der Waals surface area contributed by atoms with Crippen molar-refractivity contribution in [1.29, 1.82) is 0 Å². The van der Waals surface area contributed by atoms with Crippen LogP contribution in [0.15, 0.2) is 30.9 Å². The van der Waals surface area contributed by atoms with Crippen LogP contribution in [-0.4, -0.2) is 20.9 Å². The largest absolute Gasteiger partial charge is 0.364 e. The van der Waals surface area contributed by atoms with Crippen LogP contribution in [0, 0.1) is 17.6 Å². The molecule has 106 valence electrons. The number of hydrogen-bond acceptors (Lipinski definition) is 3. The molecule has 1 aromatic carbocycles. The molecule has 6 heteroatoms. The number of rotatable bonds is 3. The number of aromatic nitrogens is 3. The Hall–Kier alpha value is -1.82. The van der Waals surface area contributed by atoms with E-state index in [-0.39, 0.29) is 12.0 Å². The van der Waals surface area contributed by atoms with E-state index in [1.807, 2.05) is 13.8 Å². The van der Waals surface area contributed by atoms with Crippen molar-refractivity contribution in [2.45, 2.75) is 32.1 Å². The fourth-order valence-electron chi connectivity index (χ4n) is 2.81. The third-order valence-electron chi connectivity index (χ3n) is 4.09. The van der Waals surface area contributed by atoms with Crippen LogP contribution in [0.1, 0.15) is 19.4 Å². The first-order chi connectivity index (χ1) is 9.53. The van der Waals surface area contributed by atoms with E-state index in [2.05, 4.69) is 10.1 Å². The molecule has 3 rings (SSSR count). The third kappa shape index (κ3) is 1.91. The zero-order valence-electron chi connectivity index (χ0n) is 11.3. The van der Waals surface area contributed by atoms with Gasteiger partial charge < -0.3 is 4.74 Å². The predicted molar refractivity (Wildman–Crippen MR) is 67.8 cm³/mol. The molecule has 0 spiro atoms. The molecule has 2 heterocycles. The SMILES string of the molecule is C[C@@H]1O[C@@](Cn2cncn2)(c2ccc(F)cc2F)[C@H]1C. The average Bonchev–Trinajstić information content (AvgIpc) is 2.90. The Balaban J connectivity index is 2.02. The van der Waals surface area contributed by atoms with Crippen LogP contribution in [0.2, 0.25) is 0 Å². The van der Waals surface area contributed by atoms with Crippen LogP contribution in [0.3, 0.4) is 0 Å². The van der Waals surface area contributed by atoms with Crippen LogP contribution in [0.4, 0.5) is 8.78 Å². The van der Waals surface area contributed by atoms with Crippen molar-refractivity contribution in [2.75, 3.05) is 0 Å². The molecule has 0 saturated carbocycles. The zero-order valence-corrected chi connectivity index (χ0v) is 11.3. The lowest BCUT2D eigenvalue weighted by molar-refractivity contribution is -0.265. The van der Waals surface area contributed by atoms with Crippen molar-refractivity contribution < 1.29 is 13.5 Å². The van der Waals surface area contributed by atoms with Crippen molar-refractivity contribution in [3.05, 3.63) is 48.1 Å². The van der Waals surface area contributed by atoms with E-state index < -0.39 is 17.2 Å². The number of hydrogen-bond donors (Lipinski definition) is 0. The second-order valence-electron chi connectivity index (χ2n) is 5.22. The lowest BCUT2D eigenvalue weighted by Crippen LogP contribution is -2.57. The second kappa shape index (κ2) is 4.63. The molecule has 1 aliphatic heterocycles. The van der Waals surface area contributed by atoms with Gasteiger partial charge in [-0.05, 0) is 13.0 Å². The fourth-order valence-corrected chi connectivity index (χ4v) is 2.81. The van der Waals surface area contributed by atoms with Gasteiger partial charge in [-0.2, -0.15) is 5.10 Å². The molecule has 1 aliphatic rings. The van der Waals surface area contributed by atoms with Crippen LogP contribution in [-0.2, 0) is 16.9 Å². The van der Waals surface area contributed by atoms with Crippen molar-refractivity contribution in [3.8, 4) is 0 Å². The maximum absolute atomic E-state index is 14.1. The quantitative estimate of drug-likeness (QED) is 0.866. The lowest BCUT2D eigenvalue weighted by Gasteiger charge is -2.52. The van der Waals surface area contributed by atoms with E-state index in [4.69, 9.17) is 4.74 Å². The second-order valence-corrected chi connectivity index (χ2v) is 5.22. The maximum atomic E-state index is 14.1. The van der Waals surface area contributed by atoms with E-state index >= 15 is 0 Å². The van der Waals surface area contributed by atoms with Crippen molar-refractivity contribution in [2.24, 2.45) is 5.92 Å². The highest BCUT2D eigenvalue weighted by molar-refractivity contribution is 5.29. The molecular weight excluding hydrogens is 264 g/mol. The summed E-state index contributed by atoms with van der Waals surface area (Å²) in [7, 11) is 0. The summed E-state index contributed by atoms with van der Waals surface area (Å²) < 4.78 is 34.7. The van der Waals surface area contributed by atoms with Crippen LogP contribution >= 0.6 is 0 Å². The standard InChI is InChI=1S/C14H15F2N3O/c1-9-10(2)20-14(9,6-19-8-17-7-18-19)12-4-3-11(15)5-13(12)16/h3-5,7-10H,6H2,1-2H3/t9-,10-,14+/m0/s1. The van der Waals surface area contributed by atoms with Gasteiger partial charge in [0.05, 0.1) is 12.6 Å². The van der Waals surface area contributed by atoms with Gasteiger partial charge in [-0.1, -0.05) is 13.0 Å². The zero-order chi connectivity index (χ0) is 14.3. The minimum atomic E-state index is -0.828. The Bertz CT molecular complexity index is 617. The molecule has 2 aromatic rings. The number of nitrogens with zero attached hydrogens (tertiary/aromatic N) is 3. The van der Waals surface area contributed by atoms with E-state index in [9.17, 15) is 8.78 Å². The minimum Gasteiger partial charge on any atom is -0.364 e. The molecule has 1 aromatic heterocycles. The molecule has 0 radical (unpaired) electrons. The van der Waals surface area contributed by atoms with Gasteiger partial charge in [0, 0.05) is 17.5 Å². The van der Waals surface area contributed by atoms with E-state index in [1.54, 1.807) is 11.0 Å². The van der Waals surface area contributed by atoms with Gasteiger partial charge in [0.2, 0.25) is 0 Å². The summed E-state index contributed by atoms with van der Waals surface area (Å²) in [4.78, 5) is 3.88. The molecule has 3 atom stereocenters. The van der Waals surface area contributed by atoms with Crippen LogP contribution in [0.25, 0.3) is 0 Å². The summed E-state index contributed by atoms with van der Waals surface area (Å²) in [6.07, 6.45) is 2.99. The summed E-state index contributed by atoms with van der Waals surface area (Å²) in [6.45, 7) is 4.28. The topological polar surface area (TPSA) is 39.9 Å². The van der Waals surface area contributed by atoms with Gasteiger partial charge in [-0.3, -0.25) is 0 Å². The first-order valence-corrected chi connectivity index (χ1v) is 6.49. The lowest BCUT2D eigenvalue weighted by atomic mass is 9.73. The third-order valence-corrected chi connectivity index (χ3v) is 4.09. The maximum Gasteiger partial charge on any atom is 0.137 e. The molecule has 0 amide bonds. The summed E-state index contributed by atoms with van der Waals surface area (Å²) >= 11 is 0. The highest BCUT2D eigenvalue weighted by atomic mass is 19.1. The summed E-state index contributed by atoms with van der Waals surface area (Å²) in [5.74, 6) is -1.10. The molecule has 20 heavy (non-hydrogen) atoms. The Morgan fingerprint density at radius 1 is 1.35 bits per heavy atom. The first-order valence-electron chi connectivity index (χ1n) is 6.49. The Morgan fingerprint density at radius 3 is 2.70 bits per heavy atom. The Kier molecular flexibility index (Phi) is 3.05. The average molecular weight is 279 g/mol. The van der Waals surface area contributed by atoms with Crippen LogP contribution in [0.5, 0.6) is 0 Å². The first kappa shape index (κ1) is 13.2. The van der Waals surface area contributed by atoms with Gasteiger partial charge in [-0.25, -0.2) is 18.4 Å². The number of halogens is 2. The molecule has 0 unspecified atom stereocenters. The van der Waals surface area contributed by atoms with Gasteiger partial charge in [0.1, 0.15) is 29.9 Å². The Labute approximate surface area is 115 Å². The predicted octanol–water partition coefficient (Wildman–Crippen LogP) is 2.51. The smallest absolute Gasteiger partial charge is 0.137 e. The Morgan fingerprint density at radius 2 is 2.15 bits per heavy atom. The normalized spacial score (nSPS) is 29.2. The van der Waals surface area contributed by atoms with Crippen molar-refractivity contribution >= 4 is 0 Å². The summed E-state index contributed by atoms with van der Waals surface area (Å²) in [6, 6.07) is 3.59. The highest BCUT2D eigenvalue weighted by Crippen LogP contribution is 2.48. The molecule has 0 aliphatic carbocycles. The molecule has 1 fully saturated rings. The van der Waals surface area contributed by atoms with E-state index in [1.165, 1.54) is 18.5 Å². The summed E-state index contributed by atoms with van der Waals surface area (Å²) in [5, 5.41) is 4.04. The van der Waals surface area contributed by atoms with E-state index in [0.29, 0.717) is 12.1 Å². The van der Waals surface area contributed by atoms with Gasteiger partial charge in [0.15, 0.2) is 0 Å². The monoisotopic (exact) mass is 279 g/mol. The van der Waals surface area contributed by atoms with E-state index in [0.717, 1.165) is 6.07 Å². The molecule has 0 N–H and O–H groups in total. The molecule has 0 bridgehead atoms. The highest BCUT2D eigenvalue weighted by Gasteiger charge is 2.53. The summed E-state index contributed by atoms with van der Waals surface area (Å²) in [5.41, 5.74) is -0.467. The van der Waals surface area contributed by atoms with Crippen molar-refractivity contribution in [3.63, 3.8) is 0 Å². The minimum absolute atomic E-state index is 0.0166. The van der Waals surface area contributed by atoms with Gasteiger partial charge in [0.25, 0.3) is 0 Å². The fraction of sp³-hybridized carbons (Fsp3) is 0.429. The number of ether oxygens (including phenoxy) is 1.